The third-order valence-corrected chi connectivity index (χ3v) is 3.58. The molecule has 1 N–H and O–H groups in total. The Morgan fingerprint density at radius 1 is 0.917 bits per heavy atom. The molecule has 0 heterocycles. The lowest BCUT2D eigenvalue weighted by molar-refractivity contribution is 0.0696. The highest BCUT2D eigenvalue weighted by Gasteiger charge is 2.08. The Labute approximate surface area is 139 Å². The summed E-state index contributed by atoms with van der Waals surface area (Å²) in [5.41, 5.74) is 2.23. The summed E-state index contributed by atoms with van der Waals surface area (Å²) in [6.45, 7) is 0.462. The first-order chi connectivity index (χ1) is 11.6. The fraction of sp³-hybridized carbons (Fsp3) is 0.0500. The van der Waals surface area contributed by atoms with E-state index in [2.05, 4.69) is 0 Å². The molecule has 0 saturated heterocycles. The molecule has 0 radical (unpaired) electrons. The average molecular weight is 322 g/mol. The fourth-order valence-electron chi connectivity index (χ4n) is 2.36. The van der Waals surface area contributed by atoms with E-state index in [1.165, 1.54) is 12.1 Å². The predicted molar refractivity (Wildman–Crippen MR) is 89.6 cm³/mol. The number of hydrogen-bond donors (Lipinski definition) is 1. The lowest BCUT2D eigenvalue weighted by Crippen LogP contribution is -1.98. The van der Waals surface area contributed by atoms with Crippen LogP contribution < -0.4 is 4.74 Å². The van der Waals surface area contributed by atoms with Crippen LogP contribution in [0.2, 0.25) is 0 Å². The van der Waals surface area contributed by atoms with Gasteiger partial charge in [0.2, 0.25) is 0 Å². The maximum atomic E-state index is 13.6. The van der Waals surface area contributed by atoms with E-state index in [0.29, 0.717) is 17.9 Å². The molecule has 0 fully saturated rings. The summed E-state index contributed by atoms with van der Waals surface area (Å²) in [5, 5.41) is 9.02. The molecule has 3 aromatic carbocycles. The van der Waals surface area contributed by atoms with Crippen LogP contribution in [0.4, 0.5) is 4.39 Å². The number of rotatable bonds is 5. The zero-order valence-corrected chi connectivity index (χ0v) is 12.8. The molecule has 0 aliphatic heterocycles. The molecule has 0 bridgehead atoms. The van der Waals surface area contributed by atoms with Crippen molar-refractivity contribution in [2.45, 2.75) is 6.61 Å². The molecular formula is C20H15FO3. The first-order valence-corrected chi connectivity index (χ1v) is 7.43. The SMILES string of the molecule is O=C(O)c1cc(F)cc(-c2ccc(OCc3ccccc3)cc2)c1. The van der Waals surface area contributed by atoms with Crippen LogP contribution in [0.15, 0.2) is 72.8 Å². The first kappa shape index (κ1) is 15.7. The van der Waals surface area contributed by atoms with Crippen molar-refractivity contribution in [1.82, 2.24) is 0 Å². The number of benzene rings is 3. The van der Waals surface area contributed by atoms with Gasteiger partial charge in [-0.1, -0.05) is 42.5 Å². The molecule has 24 heavy (non-hydrogen) atoms. The topological polar surface area (TPSA) is 46.5 Å². The van der Waals surface area contributed by atoms with Crippen molar-refractivity contribution >= 4 is 5.97 Å². The third-order valence-electron chi connectivity index (χ3n) is 3.58. The van der Waals surface area contributed by atoms with Gasteiger partial charge >= 0.3 is 5.97 Å². The number of carbonyl (C=O) groups is 1. The molecule has 120 valence electrons. The second-order valence-electron chi connectivity index (χ2n) is 5.33. The highest BCUT2D eigenvalue weighted by Crippen LogP contribution is 2.25. The quantitative estimate of drug-likeness (QED) is 0.736. The molecule has 0 atom stereocenters. The third kappa shape index (κ3) is 3.79. The number of carboxylic acids is 1. The van der Waals surface area contributed by atoms with Crippen LogP contribution in [0.1, 0.15) is 15.9 Å². The van der Waals surface area contributed by atoms with Crippen LogP contribution in [-0.4, -0.2) is 11.1 Å². The van der Waals surface area contributed by atoms with Gasteiger partial charge in [0.25, 0.3) is 0 Å². The summed E-state index contributed by atoms with van der Waals surface area (Å²) in [6, 6.07) is 20.7. The van der Waals surface area contributed by atoms with Crippen molar-refractivity contribution < 1.29 is 19.0 Å². The van der Waals surface area contributed by atoms with E-state index in [-0.39, 0.29) is 5.56 Å². The van der Waals surface area contributed by atoms with Gasteiger partial charge in [-0.15, -0.1) is 0 Å². The second kappa shape index (κ2) is 6.96. The molecule has 3 nitrogen and oxygen atoms in total. The lowest BCUT2D eigenvalue weighted by atomic mass is 10.0. The summed E-state index contributed by atoms with van der Waals surface area (Å²) in [7, 11) is 0. The van der Waals surface area contributed by atoms with Gasteiger partial charge in [-0.25, -0.2) is 9.18 Å². The summed E-state index contributed by atoms with van der Waals surface area (Å²) in [6.07, 6.45) is 0. The monoisotopic (exact) mass is 322 g/mol. The molecule has 0 saturated carbocycles. The van der Waals surface area contributed by atoms with Gasteiger partial charge in [-0.05, 0) is 47.0 Å². The fourth-order valence-corrected chi connectivity index (χ4v) is 2.36. The number of halogens is 1. The van der Waals surface area contributed by atoms with Gasteiger partial charge in [0.05, 0.1) is 5.56 Å². The highest BCUT2D eigenvalue weighted by atomic mass is 19.1. The van der Waals surface area contributed by atoms with Gasteiger partial charge in [0.15, 0.2) is 0 Å². The molecular weight excluding hydrogens is 307 g/mol. The van der Waals surface area contributed by atoms with Crippen molar-refractivity contribution in [2.24, 2.45) is 0 Å². The van der Waals surface area contributed by atoms with Gasteiger partial charge < -0.3 is 9.84 Å². The Kier molecular flexibility index (Phi) is 4.57. The van der Waals surface area contributed by atoms with E-state index in [4.69, 9.17) is 9.84 Å². The minimum atomic E-state index is -1.15. The second-order valence-corrected chi connectivity index (χ2v) is 5.33. The molecule has 0 aliphatic rings. The standard InChI is InChI=1S/C20H15FO3/c21-18-11-16(10-17(12-18)20(22)23)15-6-8-19(9-7-15)24-13-14-4-2-1-3-5-14/h1-12H,13H2,(H,22,23). The number of aromatic carboxylic acids is 1. The molecule has 3 aromatic rings. The number of hydrogen-bond acceptors (Lipinski definition) is 2. The summed E-state index contributed by atoms with van der Waals surface area (Å²) < 4.78 is 19.3. The number of carboxylic acid groups (broad SMARTS) is 1. The van der Waals surface area contributed by atoms with E-state index >= 15 is 0 Å². The van der Waals surface area contributed by atoms with E-state index in [0.717, 1.165) is 17.2 Å². The molecule has 4 heteroatoms. The minimum absolute atomic E-state index is 0.0746. The van der Waals surface area contributed by atoms with Crippen LogP contribution in [0, 0.1) is 5.82 Å². The van der Waals surface area contributed by atoms with Crippen molar-refractivity contribution in [3.05, 3.63) is 89.7 Å². The lowest BCUT2D eigenvalue weighted by Gasteiger charge is -2.08. The van der Waals surface area contributed by atoms with Gasteiger partial charge in [-0.2, -0.15) is 0 Å². The van der Waals surface area contributed by atoms with Crippen LogP contribution in [0.25, 0.3) is 11.1 Å². The van der Waals surface area contributed by atoms with Crippen LogP contribution >= 0.6 is 0 Å². The van der Waals surface area contributed by atoms with E-state index in [1.807, 2.05) is 30.3 Å². The van der Waals surface area contributed by atoms with Gasteiger partial charge in [-0.3, -0.25) is 0 Å². The van der Waals surface area contributed by atoms with Crippen molar-refractivity contribution in [2.75, 3.05) is 0 Å². The molecule has 0 amide bonds. The van der Waals surface area contributed by atoms with Crippen molar-refractivity contribution in [3.8, 4) is 16.9 Å². The molecule has 0 aromatic heterocycles. The van der Waals surface area contributed by atoms with E-state index in [1.54, 1.807) is 24.3 Å². The van der Waals surface area contributed by atoms with Crippen LogP contribution in [-0.2, 0) is 6.61 Å². The van der Waals surface area contributed by atoms with Crippen molar-refractivity contribution in [1.29, 1.82) is 0 Å². The maximum Gasteiger partial charge on any atom is 0.335 e. The Morgan fingerprint density at radius 2 is 1.62 bits per heavy atom. The predicted octanol–water partition coefficient (Wildman–Crippen LogP) is 4.77. The number of ether oxygens (including phenoxy) is 1. The highest BCUT2D eigenvalue weighted by molar-refractivity contribution is 5.89. The van der Waals surface area contributed by atoms with Crippen LogP contribution in [0.3, 0.4) is 0 Å². The normalized spacial score (nSPS) is 10.4. The summed E-state index contributed by atoms with van der Waals surface area (Å²) in [5.74, 6) is -1.04. The summed E-state index contributed by atoms with van der Waals surface area (Å²) in [4.78, 5) is 11.0. The molecule has 0 spiro atoms. The zero-order valence-electron chi connectivity index (χ0n) is 12.8. The Bertz CT molecular complexity index is 843. The van der Waals surface area contributed by atoms with Crippen molar-refractivity contribution in [3.63, 3.8) is 0 Å². The van der Waals surface area contributed by atoms with Crippen LogP contribution in [0.5, 0.6) is 5.75 Å². The van der Waals surface area contributed by atoms with E-state index in [9.17, 15) is 9.18 Å². The molecule has 0 unspecified atom stereocenters. The van der Waals surface area contributed by atoms with E-state index < -0.39 is 11.8 Å². The average Bonchev–Trinajstić information content (AvgIpc) is 2.61. The summed E-state index contributed by atoms with van der Waals surface area (Å²) >= 11 is 0. The Balaban J connectivity index is 1.76. The Morgan fingerprint density at radius 3 is 2.29 bits per heavy atom. The minimum Gasteiger partial charge on any atom is -0.489 e. The maximum absolute atomic E-state index is 13.6. The Hall–Kier alpha value is -3.14. The first-order valence-electron chi connectivity index (χ1n) is 7.43. The largest absolute Gasteiger partial charge is 0.489 e. The van der Waals surface area contributed by atoms with Gasteiger partial charge in [0, 0.05) is 0 Å². The molecule has 3 rings (SSSR count). The zero-order chi connectivity index (χ0) is 16.9. The van der Waals surface area contributed by atoms with Gasteiger partial charge in [0.1, 0.15) is 18.2 Å². The molecule has 0 aliphatic carbocycles. The smallest absolute Gasteiger partial charge is 0.335 e.